The first kappa shape index (κ1) is 21.2. The molecule has 0 aromatic heterocycles. The summed E-state index contributed by atoms with van der Waals surface area (Å²) in [4.78, 5) is 27.4. The highest BCUT2D eigenvalue weighted by molar-refractivity contribution is 5.94. The first-order chi connectivity index (χ1) is 11.3. The second kappa shape index (κ2) is 9.05. The molecular weight excluding hydrogens is 359 g/mol. The van der Waals surface area contributed by atoms with E-state index >= 15 is 0 Å². The zero-order chi connectivity index (χ0) is 17.7. The molecule has 1 N–H and O–H groups in total. The second-order valence-corrected chi connectivity index (χ2v) is 5.61. The fourth-order valence-corrected chi connectivity index (χ4v) is 2.56. The molecule has 0 atom stereocenters. The highest BCUT2D eigenvalue weighted by Crippen LogP contribution is 2.29. The van der Waals surface area contributed by atoms with Gasteiger partial charge in [-0.05, 0) is 25.2 Å². The van der Waals surface area contributed by atoms with Crippen molar-refractivity contribution >= 4 is 24.2 Å². The fourth-order valence-electron chi connectivity index (χ4n) is 2.56. The van der Waals surface area contributed by atoms with Crippen molar-refractivity contribution in [3.8, 4) is 0 Å². The molecule has 2 amide bonds. The molecule has 2 rings (SSSR count). The number of hydrogen-bond donors (Lipinski definition) is 1. The normalized spacial score (nSPS) is 14.9. The monoisotopic (exact) mass is 379 g/mol. The number of piperazine rings is 1. The van der Waals surface area contributed by atoms with Gasteiger partial charge in [-0.25, -0.2) is 0 Å². The average Bonchev–Trinajstić information content (AvgIpc) is 2.58. The Morgan fingerprint density at radius 2 is 1.72 bits per heavy atom. The third-order valence-electron chi connectivity index (χ3n) is 3.95. The summed E-state index contributed by atoms with van der Waals surface area (Å²) >= 11 is 0. The van der Waals surface area contributed by atoms with Crippen molar-refractivity contribution in [2.24, 2.45) is 0 Å². The van der Waals surface area contributed by atoms with Crippen LogP contribution in [0.25, 0.3) is 0 Å². The number of halogens is 4. The molecule has 25 heavy (non-hydrogen) atoms. The summed E-state index contributed by atoms with van der Waals surface area (Å²) in [6, 6.07) is 4.41. The molecule has 0 saturated carbocycles. The summed E-state index contributed by atoms with van der Waals surface area (Å²) in [5, 5.41) is 2.90. The van der Waals surface area contributed by atoms with E-state index in [2.05, 4.69) is 5.32 Å². The van der Waals surface area contributed by atoms with Crippen LogP contribution < -0.4 is 5.32 Å². The number of nitrogens with one attached hydrogen (secondary N) is 1. The van der Waals surface area contributed by atoms with E-state index in [-0.39, 0.29) is 23.9 Å². The lowest BCUT2D eigenvalue weighted by Crippen LogP contribution is -2.50. The van der Waals surface area contributed by atoms with Crippen LogP contribution in [-0.2, 0) is 11.0 Å². The minimum absolute atomic E-state index is 0. The van der Waals surface area contributed by atoms with Gasteiger partial charge in [0, 0.05) is 44.7 Å². The smallest absolute Gasteiger partial charge is 0.339 e. The molecule has 0 bridgehead atoms. The Morgan fingerprint density at radius 3 is 2.28 bits per heavy atom. The lowest BCUT2D eigenvalue weighted by molar-refractivity contribution is -0.137. The summed E-state index contributed by atoms with van der Waals surface area (Å²) in [7, 11) is 1.76. The van der Waals surface area contributed by atoms with Gasteiger partial charge in [-0.1, -0.05) is 6.07 Å². The van der Waals surface area contributed by atoms with E-state index in [0.717, 1.165) is 12.1 Å². The van der Waals surface area contributed by atoms with Crippen LogP contribution in [0, 0.1) is 0 Å². The number of carbonyl (C=O) groups excluding carboxylic acids is 2. The Hall–Kier alpha value is -1.80. The fraction of sp³-hybridized carbons (Fsp3) is 0.500. The minimum atomic E-state index is -4.48. The number of hydrogen-bond acceptors (Lipinski definition) is 3. The molecule has 9 heteroatoms. The highest BCUT2D eigenvalue weighted by atomic mass is 35.5. The standard InChI is InChI=1S/C16H20F3N3O2.ClH/c1-20-6-5-14(23)21-7-9-22(10-8-21)15(24)12-3-2-4-13(11-12)16(17,18)19;/h2-4,11,20H,5-10H2,1H3;1H. The second-order valence-electron chi connectivity index (χ2n) is 5.61. The van der Waals surface area contributed by atoms with Crippen LogP contribution >= 0.6 is 12.4 Å². The zero-order valence-corrected chi connectivity index (χ0v) is 14.6. The molecule has 1 aromatic carbocycles. The Morgan fingerprint density at radius 1 is 1.12 bits per heavy atom. The molecule has 1 aliphatic heterocycles. The lowest BCUT2D eigenvalue weighted by atomic mass is 10.1. The highest BCUT2D eigenvalue weighted by Gasteiger charge is 2.32. The van der Waals surface area contributed by atoms with Crippen molar-refractivity contribution < 1.29 is 22.8 Å². The van der Waals surface area contributed by atoms with Crippen LogP contribution in [0.15, 0.2) is 24.3 Å². The van der Waals surface area contributed by atoms with Crippen LogP contribution in [0.3, 0.4) is 0 Å². The van der Waals surface area contributed by atoms with E-state index < -0.39 is 17.6 Å². The van der Waals surface area contributed by atoms with Crippen molar-refractivity contribution in [3.63, 3.8) is 0 Å². The number of alkyl halides is 3. The minimum Gasteiger partial charge on any atom is -0.339 e. The van der Waals surface area contributed by atoms with Crippen LogP contribution in [0.5, 0.6) is 0 Å². The van der Waals surface area contributed by atoms with E-state index in [1.54, 1.807) is 11.9 Å². The van der Waals surface area contributed by atoms with Gasteiger partial charge < -0.3 is 15.1 Å². The topological polar surface area (TPSA) is 52.7 Å². The third kappa shape index (κ3) is 5.61. The molecule has 1 saturated heterocycles. The molecule has 140 valence electrons. The van der Waals surface area contributed by atoms with E-state index in [4.69, 9.17) is 0 Å². The molecule has 1 fully saturated rings. The largest absolute Gasteiger partial charge is 0.416 e. The van der Waals surface area contributed by atoms with Gasteiger partial charge in [0.05, 0.1) is 5.56 Å². The molecule has 0 unspecified atom stereocenters. The van der Waals surface area contributed by atoms with Gasteiger partial charge in [0.2, 0.25) is 5.91 Å². The van der Waals surface area contributed by atoms with Crippen molar-refractivity contribution in [2.75, 3.05) is 39.8 Å². The summed E-state index contributed by atoms with van der Waals surface area (Å²) in [6.45, 7) is 2.02. The molecule has 1 aliphatic rings. The number of rotatable bonds is 4. The van der Waals surface area contributed by atoms with Crippen molar-refractivity contribution in [1.29, 1.82) is 0 Å². The molecule has 0 aliphatic carbocycles. The van der Waals surface area contributed by atoms with Crippen molar-refractivity contribution in [2.45, 2.75) is 12.6 Å². The third-order valence-corrected chi connectivity index (χ3v) is 3.95. The van der Waals surface area contributed by atoms with Gasteiger partial charge in [-0.3, -0.25) is 9.59 Å². The quantitative estimate of drug-likeness (QED) is 0.870. The summed E-state index contributed by atoms with van der Waals surface area (Å²) in [5.41, 5.74) is -0.825. The predicted molar refractivity (Wildman–Crippen MR) is 89.7 cm³/mol. The van der Waals surface area contributed by atoms with Gasteiger partial charge in [0.15, 0.2) is 0 Å². The van der Waals surface area contributed by atoms with Gasteiger partial charge in [-0.15, -0.1) is 12.4 Å². The molecular formula is C16H21ClF3N3O2. The van der Waals surface area contributed by atoms with Gasteiger partial charge in [0.1, 0.15) is 0 Å². The van der Waals surface area contributed by atoms with Gasteiger partial charge >= 0.3 is 6.18 Å². The number of carbonyl (C=O) groups is 2. The SMILES string of the molecule is CNCCC(=O)N1CCN(C(=O)c2cccc(C(F)(F)F)c2)CC1.Cl. The first-order valence-corrected chi connectivity index (χ1v) is 7.72. The Kier molecular flexibility index (Phi) is 7.69. The van der Waals surface area contributed by atoms with E-state index in [9.17, 15) is 22.8 Å². The molecule has 1 heterocycles. The van der Waals surface area contributed by atoms with Crippen LogP contribution in [0.4, 0.5) is 13.2 Å². The molecule has 1 aromatic rings. The summed E-state index contributed by atoms with van der Waals surface area (Å²) in [5.74, 6) is -0.432. The maximum Gasteiger partial charge on any atom is 0.416 e. The Labute approximate surface area is 150 Å². The van der Waals surface area contributed by atoms with Crippen LogP contribution in [-0.4, -0.2) is 61.4 Å². The molecule has 0 spiro atoms. The number of nitrogens with zero attached hydrogens (tertiary/aromatic N) is 2. The van der Waals surface area contributed by atoms with E-state index in [1.807, 2.05) is 0 Å². The van der Waals surface area contributed by atoms with E-state index in [1.165, 1.54) is 17.0 Å². The first-order valence-electron chi connectivity index (χ1n) is 7.72. The van der Waals surface area contributed by atoms with E-state index in [0.29, 0.717) is 39.1 Å². The maximum atomic E-state index is 12.7. The van der Waals surface area contributed by atoms with Crippen LogP contribution in [0.2, 0.25) is 0 Å². The van der Waals surface area contributed by atoms with Gasteiger partial charge in [0.25, 0.3) is 5.91 Å². The Bertz CT molecular complexity index is 603. The van der Waals surface area contributed by atoms with Crippen LogP contribution in [0.1, 0.15) is 22.3 Å². The number of amides is 2. The lowest BCUT2D eigenvalue weighted by Gasteiger charge is -2.35. The number of benzene rings is 1. The zero-order valence-electron chi connectivity index (χ0n) is 13.8. The Balaban J connectivity index is 0.00000312. The van der Waals surface area contributed by atoms with Crippen molar-refractivity contribution in [1.82, 2.24) is 15.1 Å². The average molecular weight is 380 g/mol. The predicted octanol–water partition coefficient (Wildman–Crippen LogP) is 2.02. The maximum absolute atomic E-state index is 12.7. The van der Waals surface area contributed by atoms with Gasteiger partial charge in [-0.2, -0.15) is 13.2 Å². The van der Waals surface area contributed by atoms with Crippen molar-refractivity contribution in [3.05, 3.63) is 35.4 Å². The molecule has 5 nitrogen and oxygen atoms in total. The molecule has 0 radical (unpaired) electrons. The summed E-state index contributed by atoms with van der Waals surface area (Å²) < 4.78 is 38.2. The summed E-state index contributed by atoms with van der Waals surface area (Å²) in [6.07, 6.45) is -4.09.